The normalized spacial score (nSPS) is 14.2. The molecule has 2 heterocycles. The number of carbonyl (C=O) groups is 1. The molecule has 1 aromatic heterocycles. The maximum absolute atomic E-state index is 12.7. The Morgan fingerprint density at radius 2 is 1.78 bits per heavy atom. The van der Waals surface area contributed by atoms with Gasteiger partial charge in [0.15, 0.2) is 0 Å². The second-order valence-electron chi connectivity index (χ2n) is 7.58. The molecule has 0 bridgehead atoms. The molecule has 0 radical (unpaired) electrons. The number of thioether (sulfide) groups is 1. The highest BCUT2D eigenvalue weighted by Gasteiger charge is 2.21. The molecule has 1 aliphatic rings. The van der Waals surface area contributed by atoms with Crippen molar-refractivity contribution in [2.75, 3.05) is 44.6 Å². The standard InChI is InChI=1S/C25H28N4O2S/c30-25(27-22-8-6-7-21(19-22)20-32-24-11-4-5-12-26-24)29-15-13-28(14-16-29)17-18-31-23-9-2-1-3-10-23/h1-12,19H,13-18,20H2,(H,27,30). The Bertz CT molecular complexity index is 980. The molecule has 0 saturated carbocycles. The van der Waals surface area contributed by atoms with Gasteiger partial charge in [-0.05, 0) is 42.0 Å². The molecule has 1 fully saturated rings. The van der Waals surface area contributed by atoms with Crippen molar-refractivity contribution < 1.29 is 9.53 Å². The molecule has 6 nitrogen and oxygen atoms in total. The van der Waals surface area contributed by atoms with Crippen LogP contribution in [0.5, 0.6) is 5.75 Å². The minimum Gasteiger partial charge on any atom is -0.492 e. The average molecular weight is 449 g/mol. The van der Waals surface area contributed by atoms with Gasteiger partial charge in [-0.15, -0.1) is 11.8 Å². The van der Waals surface area contributed by atoms with Gasteiger partial charge in [0.25, 0.3) is 0 Å². The van der Waals surface area contributed by atoms with E-state index in [-0.39, 0.29) is 6.03 Å². The zero-order valence-corrected chi connectivity index (χ0v) is 18.8. The summed E-state index contributed by atoms with van der Waals surface area (Å²) in [6.07, 6.45) is 1.80. The van der Waals surface area contributed by atoms with Gasteiger partial charge in [-0.3, -0.25) is 4.90 Å². The van der Waals surface area contributed by atoms with E-state index >= 15 is 0 Å². The van der Waals surface area contributed by atoms with Crippen LogP contribution in [0.25, 0.3) is 0 Å². The van der Waals surface area contributed by atoms with Crippen molar-refractivity contribution in [2.45, 2.75) is 10.8 Å². The van der Waals surface area contributed by atoms with Crippen molar-refractivity contribution >= 4 is 23.5 Å². The summed E-state index contributed by atoms with van der Waals surface area (Å²) in [4.78, 5) is 21.3. The number of anilines is 1. The number of hydrogen-bond donors (Lipinski definition) is 1. The first kappa shape index (κ1) is 22.2. The van der Waals surface area contributed by atoms with E-state index in [0.717, 1.165) is 47.4 Å². The molecule has 3 aromatic rings. The van der Waals surface area contributed by atoms with E-state index in [1.165, 1.54) is 0 Å². The molecule has 0 unspecified atom stereocenters. The number of piperazine rings is 1. The first-order valence-corrected chi connectivity index (χ1v) is 11.8. The topological polar surface area (TPSA) is 57.7 Å². The SMILES string of the molecule is O=C(Nc1cccc(CSc2ccccn2)c1)N1CCN(CCOc2ccccc2)CC1. The Morgan fingerprint density at radius 3 is 2.56 bits per heavy atom. The highest BCUT2D eigenvalue weighted by Crippen LogP contribution is 2.22. The summed E-state index contributed by atoms with van der Waals surface area (Å²) >= 11 is 1.68. The Hall–Kier alpha value is -3.03. The zero-order valence-electron chi connectivity index (χ0n) is 18.0. The van der Waals surface area contributed by atoms with Crippen LogP contribution < -0.4 is 10.1 Å². The second-order valence-corrected chi connectivity index (χ2v) is 8.57. The van der Waals surface area contributed by atoms with Gasteiger partial charge in [0.05, 0.1) is 5.03 Å². The first-order valence-electron chi connectivity index (χ1n) is 10.9. The van der Waals surface area contributed by atoms with Crippen molar-refractivity contribution in [1.82, 2.24) is 14.8 Å². The fourth-order valence-electron chi connectivity index (χ4n) is 3.52. The number of pyridine rings is 1. The summed E-state index contributed by atoms with van der Waals surface area (Å²) in [5.74, 6) is 1.70. The van der Waals surface area contributed by atoms with Crippen molar-refractivity contribution in [3.8, 4) is 5.75 Å². The van der Waals surface area contributed by atoms with Crippen LogP contribution in [0.3, 0.4) is 0 Å². The largest absolute Gasteiger partial charge is 0.492 e. The smallest absolute Gasteiger partial charge is 0.321 e. The zero-order chi connectivity index (χ0) is 22.0. The second kappa shape index (κ2) is 11.5. The third-order valence-electron chi connectivity index (χ3n) is 5.28. The summed E-state index contributed by atoms with van der Waals surface area (Å²) in [5, 5.41) is 4.04. The predicted molar refractivity (Wildman–Crippen MR) is 129 cm³/mol. The van der Waals surface area contributed by atoms with Crippen molar-refractivity contribution in [2.24, 2.45) is 0 Å². The lowest BCUT2D eigenvalue weighted by atomic mass is 10.2. The number of carbonyl (C=O) groups excluding carboxylic acids is 1. The lowest BCUT2D eigenvalue weighted by Crippen LogP contribution is -2.50. The van der Waals surface area contributed by atoms with E-state index in [4.69, 9.17) is 4.74 Å². The van der Waals surface area contributed by atoms with Gasteiger partial charge in [0.1, 0.15) is 12.4 Å². The molecule has 7 heteroatoms. The van der Waals surface area contributed by atoms with Gasteiger partial charge >= 0.3 is 6.03 Å². The third kappa shape index (κ3) is 6.73. The van der Waals surface area contributed by atoms with E-state index in [2.05, 4.69) is 21.3 Å². The Labute approximate surface area is 193 Å². The van der Waals surface area contributed by atoms with Crippen LogP contribution >= 0.6 is 11.8 Å². The van der Waals surface area contributed by atoms with Crippen LogP contribution in [0.2, 0.25) is 0 Å². The number of hydrogen-bond acceptors (Lipinski definition) is 5. The highest BCUT2D eigenvalue weighted by atomic mass is 32.2. The fraction of sp³-hybridized carbons (Fsp3) is 0.280. The molecule has 2 amide bonds. The Balaban J connectivity index is 1.19. The molecule has 0 atom stereocenters. The summed E-state index contributed by atoms with van der Waals surface area (Å²) in [6, 6.07) is 23.7. The Kier molecular flexibility index (Phi) is 8.00. The molecule has 2 aromatic carbocycles. The lowest BCUT2D eigenvalue weighted by molar-refractivity contribution is 0.132. The quantitative estimate of drug-likeness (QED) is 0.510. The van der Waals surface area contributed by atoms with Crippen LogP contribution in [0.4, 0.5) is 10.5 Å². The first-order chi connectivity index (χ1) is 15.8. The van der Waals surface area contributed by atoms with Crippen LogP contribution in [-0.2, 0) is 5.75 Å². The summed E-state index contributed by atoms with van der Waals surface area (Å²) in [5.41, 5.74) is 1.98. The van der Waals surface area contributed by atoms with Gasteiger partial charge in [-0.2, -0.15) is 0 Å². The number of rotatable bonds is 8. The Morgan fingerprint density at radius 1 is 0.969 bits per heavy atom. The minimum atomic E-state index is -0.0419. The van der Waals surface area contributed by atoms with Crippen molar-refractivity contribution in [3.63, 3.8) is 0 Å². The van der Waals surface area contributed by atoms with E-state index in [0.29, 0.717) is 19.7 Å². The monoisotopic (exact) mass is 448 g/mol. The van der Waals surface area contributed by atoms with Crippen LogP contribution in [-0.4, -0.2) is 60.1 Å². The van der Waals surface area contributed by atoms with E-state index in [1.54, 1.807) is 18.0 Å². The summed E-state index contributed by atoms with van der Waals surface area (Å²) in [6.45, 7) is 4.65. The molecule has 32 heavy (non-hydrogen) atoms. The lowest BCUT2D eigenvalue weighted by Gasteiger charge is -2.34. The number of ether oxygens (including phenoxy) is 1. The van der Waals surface area contributed by atoms with Gasteiger partial charge in [-0.25, -0.2) is 9.78 Å². The number of nitrogens with zero attached hydrogens (tertiary/aromatic N) is 3. The molecule has 166 valence electrons. The number of amides is 2. The third-order valence-corrected chi connectivity index (χ3v) is 6.30. The number of benzene rings is 2. The number of aromatic nitrogens is 1. The van der Waals surface area contributed by atoms with E-state index in [1.807, 2.05) is 71.6 Å². The average Bonchev–Trinajstić information content (AvgIpc) is 2.85. The van der Waals surface area contributed by atoms with Crippen molar-refractivity contribution in [3.05, 3.63) is 84.6 Å². The molecule has 1 saturated heterocycles. The number of para-hydroxylation sites is 1. The van der Waals surface area contributed by atoms with E-state index < -0.39 is 0 Å². The summed E-state index contributed by atoms with van der Waals surface area (Å²) in [7, 11) is 0. The highest BCUT2D eigenvalue weighted by molar-refractivity contribution is 7.98. The maximum Gasteiger partial charge on any atom is 0.321 e. The molecule has 4 rings (SSSR count). The van der Waals surface area contributed by atoms with Crippen LogP contribution in [0, 0.1) is 0 Å². The molecular weight excluding hydrogens is 420 g/mol. The molecule has 0 aliphatic carbocycles. The maximum atomic E-state index is 12.7. The molecule has 1 aliphatic heterocycles. The number of urea groups is 1. The molecular formula is C25H28N4O2S. The number of nitrogens with one attached hydrogen (secondary N) is 1. The van der Waals surface area contributed by atoms with Gasteiger partial charge in [0.2, 0.25) is 0 Å². The van der Waals surface area contributed by atoms with Gasteiger partial charge in [-0.1, -0.05) is 36.4 Å². The molecule has 0 spiro atoms. The van der Waals surface area contributed by atoms with Crippen LogP contribution in [0.1, 0.15) is 5.56 Å². The minimum absolute atomic E-state index is 0.0419. The van der Waals surface area contributed by atoms with Crippen molar-refractivity contribution in [1.29, 1.82) is 0 Å². The summed E-state index contributed by atoms with van der Waals surface area (Å²) < 4.78 is 5.78. The van der Waals surface area contributed by atoms with E-state index in [9.17, 15) is 4.79 Å². The fourth-order valence-corrected chi connectivity index (χ4v) is 4.32. The van der Waals surface area contributed by atoms with Gasteiger partial charge in [0, 0.05) is 50.4 Å². The van der Waals surface area contributed by atoms with Gasteiger partial charge < -0.3 is 15.0 Å². The van der Waals surface area contributed by atoms with Crippen LogP contribution in [0.15, 0.2) is 84.0 Å². The predicted octanol–water partition coefficient (Wildman–Crippen LogP) is 4.60. The molecule has 1 N–H and O–H groups in total.